The molecule has 1 aliphatic carbocycles. The SMILES string of the molecule is c1ccc(-c2ccc(C3(c4ccccc4-c4ccccc4)c4ccccc4-c4ccc(-c5c6ccccc6c(-c6ccc(-c7cc(-c8ccccc8)cc(-c8ccccc8)c7)cc6)c6ccccc56)cc43)cc2)cc1. The zero-order valence-corrected chi connectivity index (χ0v) is 41.4. The van der Waals surface area contributed by atoms with Crippen LogP contribution in [0.3, 0.4) is 0 Å². The summed E-state index contributed by atoms with van der Waals surface area (Å²) in [5.74, 6) is 0. The number of rotatable bonds is 9. The smallest absolute Gasteiger partial charge is 0.0622 e. The molecule has 1 unspecified atom stereocenters. The quantitative estimate of drug-likeness (QED) is 0.127. The summed E-state index contributed by atoms with van der Waals surface area (Å²) in [4.78, 5) is 0. The van der Waals surface area contributed by atoms with E-state index in [1.54, 1.807) is 0 Å². The van der Waals surface area contributed by atoms with Crippen molar-refractivity contribution in [3.8, 4) is 89.0 Å². The van der Waals surface area contributed by atoms with Gasteiger partial charge in [-0.1, -0.05) is 279 Å². The molecule has 0 amide bonds. The molecule has 0 heterocycles. The van der Waals surface area contributed by atoms with Crippen LogP contribution in [0.1, 0.15) is 22.3 Å². The average molecular weight is 951 g/mol. The molecule has 0 aliphatic heterocycles. The Morgan fingerprint density at radius 1 is 0.173 bits per heavy atom. The highest BCUT2D eigenvalue weighted by Gasteiger charge is 2.47. The van der Waals surface area contributed by atoms with Gasteiger partial charge in [0.25, 0.3) is 0 Å². The Bertz CT molecular complexity index is 4120. The van der Waals surface area contributed by atoms with Gasteiger partial charge in [-0.3, -0.25) is 0 Å². The molecule has 0 radical (unpaired) electrons. The molecule has 13 aromatic carbocycles. The van der Waals surface area contributed by atoms with E-state index in [0.29, 0.717) is 0 Å². The molecular weight excluding hydrogens is 901 g/mol. The van der Waals surface area contributed by atoms with Gasteiger partial charge in [-0.05, 0) is 157 Å². The van der Waals surface area contributed by atoms with Crippen LogP contribution < -0.4 is 0 Å². The first-order chi connectivity index (χ1) is 37.2. The molecule has 0 saturated carbocycles. The van der Waals surface area contributed by atoms with Crippen molar-refractivity contribution in [3.63, 3.8) is 0 Å². The van der Waals surface area contributed by atoms with E-state index < -0.39 is 5.41 Å². The van der Waals surface area contributed by atoms with Gasteiger partial charge in [0.1, 0.15) is 0 Å². The lowest BCUT2D eigenvalue weighted by molar-refractivity contribution is 0.771. The van der Waals surface area contributed by atoms with Gasteiger partial charge in [-0.25, -0.2) is 0 Å². The summed E-state index contributed by atoms with van der Waals surface area (Å²) in [6, 6.07) is 112. The van der Waals surface area contributed by atoms with Gasteiger partial charge in [0.05, 0.1) is 5.41 Å². The molecule has 0 nitrogen and oxygen atoms in total. The minimum Gasteiger partial charge on any atom is -0.0622 e. The lowest BCUT2D eigenvalue weighted by Crippen LogP contribution is -2.29. The van der Waals surface area contributed by atoms with E-state index in [4.69, 9.17) is 0 Å². The third-order valence-corrected chi connectivity index (χ3v) is 15.8. The van der Waals surface area contributed by atoms with Crippen molar-refractivity contribution in [2.24, 2.45) is 0 Å². The van der Waals surface area contributed by atoms with E-state index >= 15 is 0 Å². The van der Waals surface area contributed by atoms with E-state index in [1.165, 1.54) is 133 Å². The van der Waals surface area contributed by atoms with Gasteiger partial charge in [0.2, 0.25) is 0 Å². The molecule has 0 bridgehead atoms. The first-order valence-electron chi connectivity index (χ1n) is 26.1. The molecule has 14 rings (SSSR count). The first kappa shape index (κ1) is 44.1. The fraction of sp³-hybridized carbons (Fsp3) is 0.0133. The highest BCUT2D eigenvalue weighted by Crippen LogP contribution is 2.59. The Balaban J connectivity index is 0.960. The van der Waals surface area contributed by atoms with Crippen molar-refractivity contribution in [1.82, 2.24) is 0 Å². The van der Waals surface area contributed by atoms with E-state index in [-0.39, 0.29) is 0 Å². The van der Waals surface area contributed by atoms with Crippen molar-refractivity contribution < 1.29 is 0 Å². The Morgan fingerprint density at radius 3 is 1.00 bits per heavy atom. The number of hydrogen-bond donors (Lipinski definition) is 0. The number of fused-ring (bicyclic) bond motifs is 5. The van der Waals surface area contributed by atoms with Crippen molar-refractivity contribution in [3.05, 3.63) is 326 Å². The summed E-state index contributed by atoms with van der Waals surface area (Å²) in [5.41, 5.74) is 23.9. The van der Waals surface area contributed by atoms with Gasteiger partial charge in [0, 0.05) is 0 Å². The maximum atomic E-state index is 2.54. The minimum absolute atomic E-state index is 0.640. The Morgan fingerprint density at radius 2 is 0.493 bits per heavy atom. The van der Waals surface area contributed by atoms with E-state index in [1.807, 2.05) is 0 Å². The third kappa shape index (κ3) is 7.45. The molecule has 0 aromatic heterocycles. The van der Waals surface area contributed by atoms with Crippen LogP contribution in [0.2, 0.25) is 0 Å². The zero-order chi connectivity index (χ0) is 49.7. The van der Waals surface area contributed by atoms with Crippen molar-refractivity contribution in [2.45, 2.75) is 5.41 Å². The predicted octanol–water partition coefficient (Wildman–Crippen LogP) is 20.0. The van der Waals surface area contributed by atoms with Crippen LogP contribution in [0.5, 0.6) is 0 Å². The topological polar surface area (TPSA) is 0 Å². The van der Waals surface area contributed by atoms with Gasteiger partial charge >= 0.3 is 0 Å². The molecule has 0 saturated heterocycles. The fourth-order valence-corrected chi connectivity index (χ4v) is 12.4. The molecule has 75 heavy (non-hydrogen) atoms. The van der Waals surface area contributed by atoms with Crippen LogP contribution in [-0.2, 0) is 5.41 Å². The molecule has 0 heteroatoms. The van der Waals surface area contributed by atoms with Crippen LogP contribution in [0.15, 0.2) is 303 Å². The molecule has 0 fully saturated rings. The van der Waals surface area contributed by atoms with E-state index in [0.717, 1.165) is 0 Å². The van der Waals surface area contributed by atoms with Crippen molar-refractivity contribution >= 4 is 21.5 Å². The second-order valence-electron chi connectivity index (χ2n) is 19.9. The highest BCUT2D eigenvalue weighted by molar-refractivity contribution is 6.21. The second-order valence-corrected chi connectivity index (χ2v) is 19.9. The Kier molecular flexibility index (Phi) is 10.9. The van der Waals surface area contributed by atoms with Gasteiger partial charge < -0.3 is 0 Å². The molecular formula is C75H50. The maximum Gasteiger partial charge on any atom is 0.0719 e. The molecule has 1 aliphatic rings. The lowest BCUT2D eigenvalue weighted by Gasteiger charge is -2.36. The van der Waals surface area contributed by atoms with Gasteiger partial charge in [-0.2, -0.15) is 0 Å². The van der Waals surface area contributed by atoms with Crippen LogP contribution in [0, 0.1) is 0 Å². The van der Waals surface area contributed by atoms with Crippen LogP contribution >= 0.6 is 0 Å². The van der Waals surface area contributed by atoms with Crippen molar-refractivity contribution in [1.29, 1.82) is 0 Å². The summed E-state index contributed by atoms with van der Waals surface area (Å²) >= 11 is 0. The molecule has 0 spiro atoms. The summed E-state index contributed by atoms with van der Waals surface area (Å²) in [5, 5.41) is 4.93. The molecule has 13 aromatic rings. The predicted molar refractivity (Wildman–Crippen MR) is 317 cm³/mol. The monoisotopic (exact) mass is 950 g/mol. The Labute approximate surface area is 439 Å². The summed E-state index contributed by atoms with van der Waals surface area (Å²) in [6.07, 6.45) is 0. The second kappa shape index (κ2) is 18.5. The van der Waals surface area contributed by atoms with E-state index in [9.17, 15) is 0 Å². The number of benzene rings is 13. The molecule has 0 N–H and O–H groups in total. The molecule has 1 atom stereocenters. The summed E-state index contributed by atoms with van der Waals surface area (Å²) < 4.78 is 0. The summed E-state index contributed by atoms with van der Waals surface area (Å²) in [7, 11) is 0. The summed E-state index contributed by atoms with van der Waals surface area (Å²) in [6.45, 7) is 0. The van der Waals surface area contributed by atoms with Gasteiger partial charge in [-0.15, -0.1) is 0 Å². The van der Waals surface area contributed by atoms with Crippen LogP contribution in [0.4, 0.5) is 0 Å². The zero-order valence-electron chi connectivity index (χ0n) is 41.4. The van der Waals surface area contributed by atoms with Gasteiger partial charge in [0.15, 0.2) is 0 Å². The lowest BCUT2D eigenvalue weighted by atomic mass is 9.65. The average Bonchev–Trinajstić information content (AvgIpc) is 3.86. The minimum atomic E-state index is -0.640. The van der Waals surface area contributed by atoms with E-state index in [2.05, 4.69) is 303 Å². The maximum absolute atomic E-state index is 2.54. The molecule has 350 valence electrons. The number of hydrogen-bond acceptors (Lipinski definition) is 0. The Hall–Kier alpha value is -9.62. The standard InChI is InChI=1S/C75H50/c1-5-21-51(22-6-1)54-41-44-62(45-42-54)75(70-35-19-17-29-63(70)56-27-11-4-12-28-56)71-36-20-18-30-64(71)65-46-43-58(50-72(65)75)74-68-33-15-13-31-66(68)73(67-32-14-16-34-69(67)74)57-39-37-55(38-40-57)61-48-59(52-23-7-2-8-24-52)47-60(49-61)53-25-9-3-10-26-53/h1-50H. The highest BCUT2D eigenvalue weighted by atomic mass is 14.5. The van der Waals surface area contributed by atoms with Crippen LogP contribution in [-0.4, -0.2) is 0 Å². The normalized spacial score (nSPS) is 13.7. The van der Waals surface area contributed by atoms with Crippen LogP contribution in [0.25, 0.3) is 111 Å². The third-order valence-electron chi connectivity index (χ3n) is 15.8. The fourth-order valence-electron chi connectivity index (χ4n) is 12.4. The van der Waals surface area contributed by atoms with Crippen molar-refractivity contribution in [2.75, 3.05) is 0 Å². The first-order valence-corrected chi connectivity index (χ1v) is 26.1. The largest absolute Gasteiger partial charge is 0.0719 e.